The Kier molecular flexibility index (Phi) is 7.49. The van der Waals surface area contributed by atoms with E-state index in [1.54, 1.807) is 0 Å². The summed E-state index contributed by atoms with van der Waals surface area (Å²) in [6, 6.07) is 9.94. The molecule has 5 heteroatoms. The summed E-state index contributed by atoms with van der Waals surface area (Å²) in [5, 5.41) is 0. The molecule has 154 valence electrons. The zero-order chi connectivity index (χ0) is 19.9. The van der Waals surface area contributed by atoms with Crippen LogP contribution >= 0.6 is 0 Å². The van der Waals surface area contributed by atoms with Crippen molar-refractivity contribution < 1.29 is 9.59 Å². The van der Waals surface area contributed by atoms with Crippen molar-refractivity contribution in [3.63, 3.8) is 0 Å². The lowest BCUT2D eigenvalue weighted by atomic mass is 9.91. The Hall–Kier alpha value is -1.88. The average Bonchev–Trinajstić information content (AvgIpc) is 2.69. The van der Waals surface area contributed by atoms with Gasteiger partial charge in [-0.15, -0.1) is 0 Å². The summed E-state index contributed by atoms with van der Waals surface area (Å²) in [5.41, 5.74) is 1.07. The zero-order valence-electron chi connectivity index (χ0n) is 17.5. The highest BCUT2D eigenvalue weighted by molar-refractivity contribution is 5.79. The Labute approximate surface area is 169 Å². The highest BCUT2D eigenvalue weighted by Crippen LogP contribution is 2.24. The Balaban J connectivity index is 1.41. The molecule has 2 fully saturated rings. The zero-order valence-corrected chi connectivity index (χ0v) is 17.5. The lowest BCUT2D eigenvalue weighted by Crippen LogP contribution is -2.44. The van der Waals surface area contributed by atoms with Crippen molar-refractivity contribution in [1.82, 2.24) is 14.7 Å². The van der Waals surface area contributed by atoms with E-state index in [9.17, 15) is 9.59 Å². The number of benzene rings is 1. The Morgan fingerprint density at radius 3 is 2.32 bits per heavy atom. The third kappa shape index (κ3) is 6.06. The van der Waals surface area contributed by atoms with Gasteiger partial charge in [-0.2, -0.15) is 0 Å². The normalized spacial score (nSPS) is 21.2. The van der Waals surface area contributed by atoms with Crippen molar-refractivity contribution >= 4 is 11.8 Å². The molecule has 1 atom stereocenters. The van der Waals surface area contributed by atoms with Gasteiger partial charge in [-0.05, 0) is 57.2 Å². The molecule has 1 aromatic rings. The van der Waals surface area contributed by atoms with Gasteiger partial charge in [0.1, 0.15) is 0 Å². The van der Waals surface area contributed by atoms with Crippen LogP contribution in [-0.2, 0) is 16.0 Å². The van der Waals surface area contributed by atoms with Crippen LogP contribution in [0.3, 0.4) is 0 Å². The van der Waals surface area contributed by atoms with E-state index in [4.69, 9.17) is 0 Å². The van der Waals surface area contributed by atoms with Gasteiger partial charge in [-0.3, -0.25) is 9.59 Å². The second kappa shape index (κ2) is 10.1. The molecule has 5 nitrogen and oxygen atoms in total. The topological polar surface area (TPSA) is 43.9 Å². The number of carbonyl (C=O) groups excluding carboxylic acids is 2. The summed E-state index contributed by atoms with van der Waals surface area (Å²) in [4.78, 5) is 31.6. The van der Waals surface area contributed by atoms with Crippen LogP contribution in [0.25, 0.3) is 0 Å². The van der Waals surface area contributed by atoms with E-state index < -0.39 is 0 Å². The number of piperidine rings is 2. The minimum absolute atomic E-state index is 0.207. The van der Waals surface area contributed by atoms with E-state index in [-0.39, 0.29) is 5.91 Å². The molecule has 2 saturated heterocycles. The smallest absolute Gasteiger partial charge is 0.226 e. The fraction of sp³-hybridized carbons (Fsp3) is 0.652. The van der Waals surface area contributed by atoms with Gasteiger partial charge in [0.25, 0.3) is 0 Å². The second-order valence-corrected chi connectivity index (χ2v) is 8.80. The SMILES string of the molecule is CN(C)CC1CCCN(C(=O)CC2CCN(C(=O)Cc3ccccc3)CC2)C1. The van der Waals surface area contributed by atoms with Gasteiger partial charge in [-0.1, -0.05) is 30.3 Å². The molecular formula is C23H35N3O2. The van der Waals surface area contributed by atoms with Crippen molar-refractivity contribution in [2.24, 2.45) is 11.8 Å². The molecule has 0 N–H and O–H groups in total. The lowest BCUT2D eigenvalue weighted by Gasteiger charge is -2.36. The van der Waals surface area contributed by atoms with Crippen molar-refractivity contribution in [2.75, 3.05) is 46.8 Å². The van der Waals surface area contributed by atoms with Gasteiger partial charge in [-0.25, -0.2) is 0 Å². The van der Waals surface area contributed by atoms with Crippen LogP contribution in [0.2, 0.25) is 0 Å². The molecule has 0 aromatic heterocycles. The lowest BCUT2D eigenvalue weighted by molar-refractivity contribution is -0.135. The number of carbonyl (C=O) groups is 2. The summed E-state index contributed by atoms with van der Waals surface area (Å²) < 4.78 is 0. The standard InChI is InChI=1S/C23H35N3O2/c1-24(2)17-21-9-6-12-26(18-21)23(28)16-20-10-13-25(14-11-20)22(27)15-19-7-4-3-5-8-19/h3-5,7-8,20-21H,6,9-18H2,1-2H3. The molecule has 0 radical (unpaired) electrons. The minimum atomic E-state index is 0.207. The largest absolute Gasteiger partial charge is 0.342 e. The van der Waals surface area contributed by atoms with Crippen molar-refractivity contribution in [2.45, 2.75) is 38.5 Å². The van der Waals surface area contributed by atoms with Crippen LogP contribution in [0.4, 0.5) is 0 Å². The molecule has 2 aliphatic heterocycles. The summed E-state index contributed by atoms with van der Waals surface area (Å²) in [7, 11) is 4.21. The summed E-state index contributed by atoms with van der Waals surface area (Å²) in [6.45, 7) is 4.45. The van der Waals surface area contributed by atoms with E-state index in [0.29, 0.717) is 30.6 Å². The molecule has 0 bridgehead atoms. The highest BCUT2D eigenvalue weighted by Gasteiger charge is 2.28. The summed E-state index contributed by atoms with van der Waals surface area (Å²) in [6.07, 6.45) is 5.36. The molecule has 0 spiro atoms. The number of hydrogen-bond acceptors (Lipinski definition) is 3. The number of nitrogens with zero attached hydrogens (tertiary/aromatic N) is 3. The van der Waals surface area contributed by atoms with Crippen LogP contribution in [0.1, 0.15) is 37.7 Å². The average molecular weight is 386 g/mol. The van der Waals surface area contributed by atoms with Crippen LogP contribution in [0, 0.1) is 11.8 Å². The molecular weight excluding hydrogens is 350 g/mol. The predicted octanol–water partition coefficient (Wildman–Crippen LogP) is 2.66. The number of rotatable bonds is 6. The van der Waals surface area contributed by atoms with Crippen molar-refractivity contribution in [3.05, 3.63) is 35.9 Å². The first-order chi connectivity index (χ1) is 13.5. The molecule has 1 unspecified atom stereocenters. The Bertz CT molecular complexity index is 639. The maximum atomic E-state index is 12.8. The van der Waals surface area contributed by atoms with Gasteiger partial charge < -0.3 is 14.7 Å². The van der Waals surface area contributed by atoms with Gasteiger partial charge >= 0.3 is 0 Å². The predicted molar refractivity (Wildman–Crippen MR) is 112 cm³/mol. The molecule has 1 aromatic carbocycles. The minimum Gasteiger partial charge on any atom is -0.342 e. The molecule has 2 aliphatic rings. The first-order valence-corrected chi connectivity index (χ1v) is 10.8. The van der Waals surface area contributed by atoms with E-state index in [1.807, 2.05) is 35.2 Å². The van der Waals surface area contributed by atoms with Gasteiger partial charge in [0.15, 0.2) is 0 Å². The molecule has 0 aliphatic carbocycles. The van der Waals surface area contributed by atoms with Gasteiger partial charge in [0, 0.05) is 39.1 Å². The second-order valence-electron chi connectivity index (χ2n) is 8.80. The number of likely N-dealkylation sites (tertiary alicyclic amines) is 2. The number of hydrogen-bond donors (Lipinski definition) is 0. The van der Waals surface area contributed by atoms with E-state index in [0.717, 1.165) is 57.5 Å². The third-order valence-electron chi connectivity index (χ3n) is 6.12. The van der Waals surface area contributed by atoms with Crippen LogP contribution in [-0.4, -0.2) is 73.3 Å². The molecule has 2 heterocycles. The van der Waals surface area contributed by atoms with E-state index in [2.05, 4.69) is 23.9 Å². The fourth-order valence-corrected chi connectivity index (χ4v) is 4.60. The monoisotopic (exact) mass is 385 g/mol. The van der Waals surface area contributed by atoms with Crippen LogP contribution in [0.15, 0.2) is 30.3 Å². The third-order valence-corrected chi connectivity index (χ3v) is 6.12. The highest BCUT2D eigenvalue weighted by atomic mass is 16.2. The van der Waals surface area contributed by atoms with Gasteiger partial charge in [0.05, 0.1) is 6.42 Å². The van der Waals surface area contributed by atoms with Gasteiger partial charge in [0.2, 0.25) is 11.8 Å². The maximum absolute atomic E-state index is 12.8. The van der Waals surface area contributed by atoms with E-state index >= 15 is 0 Å². The van der Waals surface area contributed by atoms with E-state index in [1.165, 1.54) is 6.42 Å². The fourth-order valence-electron chi connectivity index (χ4n) is 4.60. The summed E-state index contributed by atoms with van der Waals surface area (Å²) in [5.74, 6) is 1.55. The molecule has 28 heavy (non-hydrogen) atoms. The Morgan fingerprint density at radius 2 is 1.64 bits per heavy atom. The first kappa shape index (κ1) is 20.8. The molecule has 0 saturated carbocycles. The number of amides is 2. The van der Waals surface area contributed by atoms with Crippen LogP contribution in [0.5, 0.6) is 0 Å². The first-order valence-electron chi connectivity index (χ1n) is 10.8. The quantitative estimate of drug-likeness (QED) is 0.756. The maximum Gasteiger partial charge on any atom is 0.226 e. The summed E-state index contributed by atoms with van der Waals surface area (Å²) >= 11 is 0. The van der Waals surface area contributed by atoms with Crippen molar-refractivity contribution in [3.8, 4) is 0 Å². The molecule has 2 amide bonds. The Morgan fingerprint density at radius 1 is 0.929 bits per heavy atom. The van der Waals surface area contributed by atoms with Crippen molar-refractivity contribution in [1.29, 1.82) is 0 Å². The van der Waals surface area contributed by atoms with Crippen LogP contribution < -0.4 is 0 Å². The molecule has 3 rings (SSSR count).